The molecule has 1 aromatic carbocycles. The van der Waals surface area contributed by atoms with Crippen molar-refractivity contribution in [2.75, 3.05) is 16.5 Å². The quantitative estimate of drug-likeness (QED) is 0.314. The molecule has 3 heterocycles. The van der Waals surface area contributed by atoms with Gasteiger partial charge in [0, 0.05) is 34.4 Å². The number of aryl methyl sites for hydroxylation is 1. The van der Waals surface area contributed by atoms with Gasteiger partial charge in [0.1, 0.15) is 5.88 Å². The summed E-state index contributed by atoms with van der Waals surface area (Å²) in [6.45, 7) is 5.53. The Bertz CT molecular complexity index is 1310. The minimum atomic E-state index is -0.314. The van der Waals surface area contributed by atoms with E-state index >= 15 is 0 Å². The van der Waals surface area contributed by atoms with Crippen molar-refractivity contribution >= 4 is 52.3 Å². The molecule has 4 rings (SSSR count). The van der Waals surface area contributed by atoms with Gasteiger partial charge in [-0.15, -0.1) is 11.6 Å². The zero-order valence-corrected chi connectivity index (χ0v) is 19.7. The third-order valence-electron chi connectivity index (χ3n) is 5.69. The van der Waals surface area contributed by atoms with Gasteiger partial charge in [0.25, 0.3) is 11.8 Å². The fourth-order valence-electron chi connectivity index (χ4n) is 3.88. The summed E-state index contributed by atoms with van der Waals surface area (Å²) < 4.78 is 0. The summed E-state index contributed by atoms with van der Waals surface area (Å²) in [7, 11) is 0. The van der Waals surface area contributed by atoms with Crippen molar-refractivity contribution in [3.05, 3.63) is 76.4 Å². The lowest BCUT2D eigenvalue weighted by Crippen LogP contribution is -2.27. The van der Waals surface area contributed by atoms with Crippen molar-refractivity contribution < 1.29 is 14.4 Å². The molecule has 3 aromatic rings. The fraction of sp³-hybridized carbons (Fsp3) is 0.200. The third kappa shape index (κ3) is 4.58. The average Bonchev–Trinajstić information content (AvgIpc) is 3.29. The maximum Gasteiger partial charge on any atom is 0.256 e. The van der Waals surface area contributed by atoms with Crippen molar-refractivity contribution in [1.82, 2.24) is 15.3 Å². The van der Waals surface area contributed by atoms with Crippen LogP contribution in [0, 0.1) is 13.8 Å². The van der Waals surface area contributed by atoms with Gasteiger partial charge in [-0.3, -0.25) is 19.4 Å². The number of alkyl halides is 1. The first-order valence-corrected chi connectivity index (χ1v) is 11.3. The third-order valence-corrected chi connectivity index (χ3v) is 5.94. The summed E-state index contributed by atoms with van der Waals surface area (Å²) in [6, 6.07) is 10.3. The molecule has 3 amide bonds. The first kappa shape index (κ1) is 23.3. The van der Waals surface area contributed by atoms with E-state index in [0.29, 0.717) is 33.8 Å². The Morgan fingerprint density at radius 2 is 2.00 bits per heavy atom. The highest BCUT2D eigenvalue weighted by atomic mass is 35.5. The van der Waals surface area contributed by atoms with E-state index in [1.807, 2.05) is 39.0 Å². The Balaban J connectivity index is 1.63. The largest absolute Gasteiger partial charge is 0.357 e. The molecule has 0 saturated carbocycles. The van der Waals surface area contributed by atoms with Crippen LogP contribution < -0.4 is 16.0 Å². The van der Waals surface area contributed by atoms with Crippen LogP contribution >= 0.6 is 11.6 Å². The maximum atomic E-state index is 12.9. The lowest BCUT2D eigenvalue weighted by atomic mass is 10.0. The van der Waals surface area contributed by atoms with Crippen LogP contribution in [0.5, 0.6) is 0 Å². The molecule has 0 spiro atoms. The van der Waals surface area contributed by atoms with Crippen LogP contribution in [0.25, 0.3) is 11.6 Å². The standard InChI is InChI=1S/C25H24ClN5O3/c1-13-21(28-15(3)23(13)31-22(32)12-26)11-18-17-10-16(7-8-20(17)30-25(18)34)24(33)29-14(2)19-6-4-5-9-27-19/h4-11,14,28H,12H2,1-3H3,(H,29,33)(H,30,34)(H,31,32)/b18-11-. The number of fused-ring (bicyclic) bond motifs is 1. The number of aromatic nitrogens is 2. The van der Waals surface area contributed by atoms with E-state index < -0.39 is 0 Å². The summed E-state index contributed by atoms with van der Waals surface area (Å²) in [5.74, 6) is -1.00. The van der Waals surface area contributed by atoms with Crippen LogP contribution in [-0.2, 0) is 9.59 Å². The van der Waals surface area contributed by atoms with Gasteiger partial charge in [-0.25, -0.2) is 0 Å². The van der Waals surface area contributed by atoms with E-state index in [2.05, 4.69) is 25.9 Å². The molecule has 4 N–H and O–H groups in total. The number of hydrogen-bond acceptors (Lipinski definition) is 4. The smallest absolute Gasteiger partial charge is 0.256 e. The zero-order chi connectivity index (χ0) is 24.4. The number of H-pyrrole nitrogens is 1. The van der Waals surface area contributed by atoms with Crippen molar-refractivity contribution in [2.45, 2.75) is 26.8 Å². The lowest BCUT2D eigenvalue weighted by Gasteiger charge is -2.13. The van der Waals surface area contributed by atoms with Gasteiger partial charge in [-0.2, -0.15) is 0 Å². The number of anilines is 2. The molecule has 0 radical (unpaired) electrons. The molecule has 34 heavy (non-hydrogen) atoms. The van der Waals surface area contributed by atoms with Crippen molar-refractivity contribution in [3.63, 3.8) is 0 Å². The second-order valence-electron chi connectivity index (χ2n) is 8.07. The lowest BCUT2D eigenvalue weighted by molar-refractivity contribution is -0.114. The van der Waals surface area contributed by atoms with Crippen molar-refractivity contribution in [1.29, 1.82) is 0 Å². The Hall–Kier alpha value is -3.91. The minimum absolute atomic E-state index is 0.153. The van der Waals surface area contributed by atoms with Gasteiger partial charge < -0.3 is 20.9 Å². The van der Waals surface area contributed by atoms with E-state index in [-0.39, 0.29) is 29.6 Å². The average molecular weight is 478 g/mol. The monoisotopic (exact) mass is 477 g/mol. The second kappa shape index (κ2) is 9.52. The number of hydrogen-bond donors (Lipinski definition) is 4. The molecule has 1 aliphatic rings. The van der Waals surface area contributed by atoms with Gasteiger partial charge in [0.15, 0.2) is 0 Å². The number of benzene rings is 1. The Labute approximate surface area is 201 Å². The molecule has 1 aliphatic heterocycles. The van der Waals surface area contributed by atoms with E-state index in [0.717, 1.165) is 17.0 Å². The summed E-state index contributed by atoms with van der Waals surface area (Å²) in [5, 5.41) is 8.54. The van der Waals surface area contributed by atoms with Crippen LogP contribution in [0.1, 0.15) is 51.5 Å². The van der Waals surface area contributed by atoms with E-state index in [4.69, 9.17) is 11.6 Å². The van der Waals surface area contributed by atoms with Crippen LogP contribution in [0.15, 0.2) is 42.6 Å². The highest BCUT2D eigenvalue weighted by molar-refractivity contribution is 6.35. The van der Waals surface area contributed by atoms with Crippen molar-refractivity contribution in [3.8, 4) is 0 Å². The Kier molecular flexibility index (Phi) is 6.51. The highest BCUT2D eigenvalue weighted by Crippen LogP contribution is 2.35. The molecule has 1 atom stereocenters. The fourth-order valence-corrected chi connectivity index (χ4v) is 3.95. The normalized spacial score (nSPS) is 14.5. The van der Waals surface area contributed by atoms with E-state index in [1.54, 1.807) is 30.5 Å². The molecule has 1 unspecified atom stereocenters. The molecule has 0 bridgehead atoms. The number of aromatic amines is 1. The van der Waals surface area contributed by atoms with Gasteiger partial charge in [-0.1, -0.05) is 6.07 Å². The number of pyridine rings is 1. The SMILES string of the molecule is Cc1[nH]c(/C=C2\C(=O)Nc3ccc(C(=O)NC(C)c4ccccn4)cc32)c(C)c1NC(=O)CCl. The molecule has 8 nitrogen and oxygen atoms in total. The molecule has 0 saturated heterocycles. The summed E-state index contributed by atoms with van der Waals surface area (Å²) in [5.41, 5.74) is 5.69. The second-order valence-corrected chi connectivity index (χ2v) is 8.33. The minimum Gasteiger partial charge on any atom is -0.357 e. The molecule has 0 fully saturated rings. The maximum absolute atomic E-state index is 12.9. The molecule has 174 valence electrons. The van der Waals surface area contributed by atoms with E-state index in [1.165, 1.54) is 0 Å². The van der Waals surface area contributed by atoms with Gasteiger partial charge in [-0.05, 0) is 62.7 Å². The molecule has 2 aromatic heterocycles. The number of amides is 3. The topological polar surface area (TPSA) is 116 Å². The predicted octanol–water partition coefficient (Wildman–Crippen LogP) is 4.19. The first-order chi connectivity index (χ1) is 16.3. The number of carbonyl (C=O) groups is 3. The van der Waals surface area contributed by atoms with Gasteiger partial charge in [0.2, 0.25) is 5.91 Å². The number of nitrogens with zero attached hydrogens (tertiary/aromatic N) is 1. The highest BCUT2D eigenvalue weighted by Gasteiger charge is 2.26. The Morgan fingerprint density at radius 3 is 2.71 bits per heavy atom. The zero-order valence-electron chi connectivity index (χ0n) is 19.0. The number of rotatable bonds is 6. The number of nitrogens with one attached hydrogen (secondary N) is 4. The van der Waals surface area contributed by atoms with Crippen LogP contribution in [0.3, 0.4) is 0 Å². The predicted molar refractivity (Wildman–Crippen MR) is 133 cm³/mol. The molecular weight excluding hydrogens is 454 g/mol. The Morgan fingerprint density at radius 1 is 1.21 bits per heavy atom. The van der Waals surface area contributed by atoms with Crippen LogP contribution in [-0.4, -0.2) is 33.6 Å². The van der Waals surface area contributed by atoms with E-state index in [9.17, 15) is 14.4 Å². The summed E-state index contributed by atoms with van der Waals surface area (Å²) in [4.78, 5) is 44.8. The van der Waals surface area contributed by atoms with Gasteiger partial charge >= 0.3 is 0 Å². The van der Waals surface area contributed by atoms with Gasteiger partial charge in [0.05, 0.1) is 23.0 Å². The van der Waals surface area contributed by atoms with Crippen LogP contribution in [0.2, 0.25) is 0 Å². The first-order valence-electron chi connectivity index (χ1n) is 10.7. The van der Waals surface area contributed by atoms with Crippen molar-refractivity contribution in [2.24, 2.45) is 0 Å². The number of halogens is 1. The van der Waals surface area contributed by atoms with Crippen LogP contribution in [0.4, 0.5) is 11.4 Å². The summed E-state index contributed by atoms with van der Waals surface area (Å²) >= 11 is 5.61. The molecular formula is C25H24ClN5O3. The molecule has 0 aliphatic carbocycles. The summed E-state index contributed by atoms with van der Waals surface area (Å²) in [6.07, 6.45) is 3.40. The molecule has 9 heteroatoms. The number of carbonyl (C=O) groups excluding carboxylic acids is 3.